The number of anilines is 2. The van der Waals surface area contributed by atoms with E-state index in [1.165, 1.54) is 16.7 Å². The monoisotopic (exact) mass is 442 g/mol. The fourth-order valence-corrected chi connectivity index (χ4v) is 4.39. The molecule has 0 bridgehead atoms. The average Bonchev–Trinajstić information content (AvgIpc) is 3.00. The molecule has 0 unspecified atom stereocenters. The first-order chi connectivity index (χ1) is 15.3. The second-order valence-corrected chi connectivity index (χ2v) is 9.39. The van der Waals surface area contributed by atoms with E-state index in [9.17, 15) is 9.59 Å². The lowest BCUT2D eigenvalue weighted by Gasteiger charge is -2.16. The molecule has 0 saturated carbocycles. The van der Waals surface area contributed by atoms with E-state index in [1.807, 2.05) is 86.6 Å². The predicted molar refractivity (Wildman–Crippen MR) is 132 cm³/mol. The predicted octanol–water partition coefficient (Wildman–Crippen LogP) is 6.42. The van der Waals surface area contributed by atoms with E-state index >= 15 is 0 Å². The Morgan fingerprint density at radius 1 is 0.750 bits per heavy atom. The maximum atomic E-state index is 13.4. The van der Waals surface area contributed by atoms with E-state index < -0.39 is 0 Å². The van der Waals surface area contributed by atoms with Crippen LogP contribution in [0.15, 0.2) is 88.3 Å². The van der Waals surface area contributed by atoms with Gasteiger partial charge in [-0.3, -0.25) is 9.59 Å². The molecule has 1 aliphatic heterocycles. The minimum atomic E-state index is -0.345. The summed E-state index contributed by atoms with van der Waals surface area (Å²) in [5, 5.41) is 3.21. The number of rotatable bonds is 6. The van der Waals surface area contributed by atoms with Crippen LogP contribution in [0.1, 0.15) is 36.5 Å². The van der Waals surface area contributed by atoms with Gasteiger partial charge in [0.25, 0.3) is 11.8 Å². The zero-order valence-corrected chi connectivity index (χ0v) is 19.5. The Bertz CT molecular complexity index is 1110. The molecule has 0 radical (unpaired) electrons. The van der Waals surface area contributed by atoms with E-state index in [2.05, 4.69) is 19.2 Å². The molecule has 2 amide bonds. The molecule has 1 N–H and O–H groups in total. The van der Waals surface area contributed by atoms with Gasteiger partial charge in [0.05, 0.1) is 5.69 Å². The Balaban J connectivity index is 1.71. The van der Waals surface area contributed by atoms with Crippen LogP contribution in [0, 0.1) is 13.8 Å². The third kappa shape index (κ3) is 4.48. The number of carbonyl (C=O) groups is 2. The van der Waals surface area contributed by atoms with Crippen LogP contribution in [-0.2, 0) is 9.59 Å². The molecule has 3 aromatic carbocycles. The molecule has 3 aromatic rings. The second kappa shape index (κ2) is 9.05. The fourth-order valence-electron chi connectivity index (χ4n) is 3.46. The van der Waals surface area contributed by atoms with Gasteiger partial charge in [-0.1, -0.05) is 73.1 Å². The first-order valence-electron chi connectivity index (χ1n) is 10.6. The highest BCUT2D eigenvalue weighted by atomic mass is 32.2. The largest absolute Gasteiger partial charge is 0.350 e. The number of benzene rings is 3. The SMILES string of the molecule is Cc1ccc(NC2=C(Sc3ccc(C)cc3)C(=O)N(c3ccc(C(C)C)cc3)C2=O)cc1. The number of hydrogen-bond donors (Lipinski definition) is 1. The summed E-state index contributed by atoms with van der Waals surface area (Å²) in [5.41, 5.74) is 5.07. The van der Waals surface area contributed by atoms with Crippen molar-refractivity contribution in [3.63, 3.8) is 0 Å². The van der Waals surface area contributed by atoms with Gasteiger partial charge in [0.1, 0.15) is 10.6 Å². The quantitative estimate of drug-likeness (QED) is 0.448. The second-order valence-electron chi connectivity index (χ2n) is 8.30. The molecule has 0 fully saturated rings. The third-order valence-corrected chi connectivity index (χ3v) is 6.51. The maximum Gasteiger partial charge on any atom is 0.283 e. The van der Waals surface area contributed by atoms with Gasteiger partial charge in [0, 0.05) is 10.6 Å². The normalized spacial score (nSPS) is 14.0. The molecule has 1 aliphatic rings. The van der Waals surface area contributed by atoms with Gasteiger partial charge in [-0.05, 0) is 61.7 Å². The highest BCUT2D eigenvalue weighted by Gasteiger charge is 2.40. The van der Waals surface area contributed by atoms with Crippen LogP contribution < -0.4 is 10.2 Å². The molecule has 162 valence electrons. The van der Waals surface area contributed by atoms with Crippen LogP contribution in [0.2, 0.25) is 0 Å². The number of nitrogens with zero attached hydrogens (tertiary/aromatic N) is 1. The molecule has 0 spiro atoms. The Hall–Kier alpha value is -3.31. The van der Waals surface area contributed by atoms with Crippen molar-refractivity contribution >= 4 is 35.0 Å². The third-order valence-electron chi connectivity index (χ3n) is 5.42. The fraction of sp³-hybridized carbons (Fsp3) is 0.185. The van der Waals surface area contributed by atoms with Gasteiger partial charge in [-0.25, -0.2) is 4.90 Å². The molecule has 0 aliphatic carbocycles. The summed E-state index contributed by atoms with van der Waals surface area (Å²) < 4.78 is 0. The molecule has 0 atom stereocenters. The number of carbonyl (C=O) groups excluding carboxylic acids is 2. The molecule has 0 aromatic heterocycles. The first kappa shape index (κ1) is 21.9. The number of imide groups is 1. The lowest BCUT2D eigenvalue weighted by molar-refractivity contribution is -0.120. The van der Waals surface area contributed by atoms with Crippen molar-refractivity contribution in [3.8, 4) is 0 Å². The standard InChI is InChI=1S/C27H26N2O2S/c1-17(2)20-9-13-22(14-10-20)29-26(30)24(28-21-11-5-18(3)6-12-21)25(27(29)31)32-23-15-7-19(4)8-16-23/h5-17,28H,1-4H3. The summed E-state index contributed by atoms with van der Waals surface area (Å²) in [6, 6.07) is 23.3. The van der Waals surface area contributed by atoms with Gasteiger partial charge in [0.15, 0.2) is 0 Å². The van der Waals surface area contributed by atoms with Crippen molar-refractivity contribution in [3.05, 3.63) is 100 Å². The van der Waals surface area contributed by atoms with Crippen LogP contribution in [0.4, 0.5) is 11.4 Å². The van der Waals surface area contributed by atoms with Crippen molar-refractivity contribution in [2.24, 2.45) is 0 Å². The molecular weight excluding hydrogens is 416 g/mol. The summed E-state index contributed by atoms with van der Waals surface area (Å²) in [6.45, 7) is 8.25. The number of nitrogens with one attached hydrogen (secondary N) is 1. The van der Waals surface area contributed by atoms with E-state index in [-0.39, 0.29) is 11.8 Å². The van der Waals surface area contributed by atoms with Crippen LogP contribution in [0.3, 0.4) is 0 Å². The molecule has 5 heteroatoms. The van der Waals surface area contributed by atoms with E-state index in [1.54, 1.807) is 0 Å². The summed E-state index contributed by atoms with van der Waals surface area (Å²) in [6.07, 6.45) is 0. The minimum absolute atomic E-state index is 0.303. The number of thioether (sulfide) groups is 1. The smallest absolute Gasteiger partial charge is 0.283 e. The Morgan fingerprint density at radius 3 is 1.88 bits per heavy atom. The molecule has 0 saturated heterocycles. The Morgan fingerprint density at radius 2 is 1.31 bits per heavy atom. The van der Waals surface area contributed by atoms with E-state index in [4.69, 9.17) is 0 Å². The van der Waals surface area contributed by atoms with Gasteiger partial charge in [0.2, 0.25) is 0 Å². The Kier molecular flexibility index (Phi) is 6.19. The lowest BCUT2D eigenvalue weighted by atomic mass is 10.0. The summed E-state index contributed by atoms with van der Waals surface area (Å²) in [5.74, 6) is -0.284. The molecule has 32 heavy (non-hydrogen) atoms. The van der Waals surface area contributed by atoms with Gasteiger partial charge >= 0.3 is 0 Å². The van der Waals surface area contributed by atoms with Gasteiger partial charge < -0.3 is 5.32 Å². The number of aryl methyl sites for hydroxylation is 2. The van der Waals surface area contributed by atoms with Crippen LogP contribution in [0.25, 0.3) is 0 Å². The van der Waals surface area contributed by atoms with Crippen LogP contribution >= 0.6 is 11.8 Å². The van der Waals surface area contributed by atoms with E-state index in [0.29, 0.717) is 22.2 Å². The zero-order valence-electron chi connectivity index (χ0n) is 18.7. The van der Waals surface area contributed by atoms with Crippen molar-refractivity contribution in [1.29, 1.82) is 0 Å². The van der Waals surface area contributed by atoms with Gasteiger partial charge in [-0.15, -0.1) is 0 Å². The summed E-state index contributed by atoms with van der Waals surface area (Å²) in [4.78, 5) is 29.4. The van der Waals surface area contributed by atoms with Crippen molar-refractivity contribution in [2.45, 2.75) is 38.5 Å². The van der Waals surface area contributed by atoms with Crippen molar-refractivity contribution in [2.75, 3.05) is 10.2 Å². The van der Waals surface area contributed by atoms with Gasteiger partial charge in [-0.2, -0.15) is 0 Å². The van der Waals surface area contributed by atoms with Crippen LogP contribution in [0.5, 0.6) is 0 Å². The number of hydrogen-bond acceptors (Lipinski definition) is 4. The highest BCUT2D eigenvalue weighted by Crippen LogP contribution is 2.38. The van der Waals surface area contributed by atoms with Crippen molar-refractivity contribution in [1.82, 2.24) is 0 Å². The molecular formula is C27H26N2O2S. The first-order valence-corrected chi connectivity index (χ1v) is 11.5. The summed E-state index contributed by atoms with van der Waals surface area (Å²) >= 11 is 1.31. The summed E-state index contributed by atoms with van der Waals surface area (Å²) in [7, 11) is 0. The van der Waals surface area contributed by atoms with E-state index in [0.717, 1.165) is 27.3 Å². The lowest BCUT2D eigenvalue weighted by Crippen LogP contribution is -2.32. The minimum Gasteiger partial charge on any atom is -0.350 e. The molecule has 1 heterocycles. The Labute approximate surface area is 193 Å². The maximum absolute atomic E-state index is 13.4. The van der Waals surface area contributed by atoms with Crippen LogP contribution in [-0.4, -0.2) is 11.8 Å². The zero-order chi connectivity index (χ0) is 22.8. The highest BCUT2D eigenvalue weighted by molar-refractivity contribution is 8.04. The number of amides is 2. The molecule has 4 rings (SSSR count). The topological polar surface area (TPSA) is 49.4 Å². The van der Waals surface area contributed by atoms with Crippen molar-refractivity contribution < 1.29 is 9.59 Å². The molecule has 4 nitrogen and oxygen atoms in total. The average molecular weight is 443 g/mol.